The van der Waals surface area contributed by atoms with E-state index in [0.717, 1.165) is 25.7 Å². The predicted molar refractivity (Wildman–Crippen MR) is 137 cm³/mol. The molecule has 3 aromatic rings. The maximum Gasteiger partial charge on any atom is 0.217 e. The number of nitrogens with two attached hydrogens (primary N) is 3. The highest BCUT2D eigenvalue weighted by molar-refractivity contribution is 6.17. The lowest BCUT2D eigenvalue weighted by Crippen LogP contribution is -2.09. The summed E-state index contributed by atoms with van der Waals surface area (Å²) in [7, 11) is 0. The van der Waals surface area contributed by atoms with Crippen LogP contribution in [0.1, 0.15) is 73.6 Å². The Kier molecular flexibility index (Phi) is 8.41. The lowest BCUT2D eigenvalue weighted by molar-refractivity contribution is -0.118. The van der Waals surface area contributed by atoms with Gasteiger partial charge in [-0.05, 0) is 43.5 Å². The van der Waals surface area contributed by atoms with Crippen LogP contribution in [0.2, 0.25) is 0 Å². The second-order valence-electron chi connectivity index (χ2n) is 8.66. The van der Waals surface area contributed by atoms with Gasteiger partial charge in [-0.25, -0.2) is 0 Å². The van der Waals surface area contributed by atoms with Crippen LogP contribution in [-0.2, 0) is 11.2 Å². The zero-order chi connectivity index (χ0) is 25.5. The number of phenols is 1. The number of fused-ring (bicyclic) bond motifs is 1. The second kappa shape index (κ2) is 11.5. The summed E-state index contributed by atoms with van der Waals surface area (Å²) in [6, 6.07) is 8.12. The Morgan fingerprint density at radius 3 is 2.40 bits per heavy atom. The normalized spacial score (nSPS) is 11.0. The molecule has 186 valence electrons. The van der Waals surface area contributed by atoms with E-state index in [1.165, 1.54) is 12.1 Å². The van der Waals surface area contributed by atoms with Crippen LogP contribution in [0, 0.1) is 0 Å². The number of benzene rings is 2. The average molecular weight is 480 g/mol. The zero-order valence-corrected chi connectivity index (χ0v) is 20.1. The van der Waals surface area contributed by atoms with Crippen LogP contribution in [0.15, 0.2) is 47.1 Å². The third-order valence-electron chi connectivity index (χ3n) is 5.79. The molecule has 0 aliphatic carbocycles. The van der Waals surface area contributed by atoms with Crippen molar-refractivity contribution in [1.29, 1.82) is 0 Å². The molecule has 0 bridgehead atoms. The highest BCUT2D eigenvalue weighted by atomic mass is 16.5. The first-order chi connectivity index (χ1) is 16.7. The lowest BCUT2D eigenvalue weighted by atomic mass is 9.97. The Morgan fingerprint density at radius 2 is 1.74 bits per heavy atom. The van der Waals surface area contributed by atoms with E-state index >= 15 is 0 Å². The Hall–Kier alpha value is -3.94. The lowest BCUT2D eigenvalue weighted by Gasteiger charge is -2.09. The first-order valence-electron chi connectivity index (χ1n) is 11.8. The van der Waals surface area contributed by atoms with Crippen LogP contribution >= 0.6 is 0 Å². The summed E-state index contributed by atoms with van der Waals surface area (Å²) in [4.78, 5) is 24.6. The van der Waals surface area contributed by atoms with Crippen molar-refractivity contribution in [3.63, 3.8) is 0 Å². The number of carbonyl (C=O) groups excluding carboxylic acids is 2. The molecule has 35 heavy (non-hydrogen) atoms. The number of amides is 1. The minimum atomic E-state index is -0.333. The largest absolute Gasteiger partial charge is 0.504 e. The number of hydrogen-bond acceptors (Lipinski definition) is 7. The number of nitrogen functional groups attached to an aromatic ring is 2. The molecule has 0 fully saturated rings. The summed E-state index contributed by atoms with van der Waals surface area (Å²) in [5, 5.41) is 10.5. The molecule has 3 rings (SSSR count). The maximum atomic E-state index is 13.6. The average Bonchev–Trinajstić information content (AvgIpc) is 3.17. The van der Waals surface area contributed by atoms with Gasteiger partial charge in [-0.3, -0.25) is 9.59 Å². The number of unbranched alkanes of at least 4 members (excludes halogenated alkanes) is 3. The predicted octanol–water partition coefficient (Wildman–Crippen LogP) is 5.20. The number of phenolic OH excluding ortho intramolecular Hbond substituents is 1. The third kappa shape index (κ3) is 6.35. The van der Waals surface area contributed by atoms with Crippen molar-refractivity contribution in [3.8, 4) is 11.5 Å². The van der Waals surface area contributed by atoms with E-state index in [0.29, 0.717) is 59.5 Å². The van der Waals surface area contributed by atoms with Gasteiger partial charge < -0.3 is 31.5 Å². The van der Waals surface area contributed by atoms with Crippen LogP contribution in [0.25, 0.3) is 11.0 Å². The standard InChI is InChI=1S/C27H33N3O5/c1-3-4-8-16(2)34-18-11-12-19-23(15-18)35-22(9-6-5-7-10-24(30)31)25(19)26(32)17-13-20(28)27(33)21(29)14-17/h11-15,33H,2-10,28-29H2,1H3,(H2,30,31). The molecule has 1 amide bonds. The molecule has 0 unspecified atom stereocenters. The number of ketones is 1. The Bertz CT molecular complexity index is 1220. The third-order valence-corrected chi connectivity index (χ3v) is 5.79. The van der Waals surface area contributed by atoms with Crippen molar-refractivity contribution in [2.45, 2.75) is 58.3 Å². The summed E-state index contributed by atoms with van der Waals surface area (Å²) in [6.45, 7) is 6.07. The van der Waals surface area contributed by atoms with Gasteiger partial charge in [0.25, 0.3) is 0 Å². The van der Waals surface area contributed by atoms with Gasteiger partial charge in [-0.15, -0.1) is 0 Å². The van der Waals surface area contributed by atoms with Gasteiger partial charge in [-0.1, -0.05) is 26.3 Å². The SMILES string of the molecule is C=C(CCCC)Oc1ccc2c(C(=O)c3cc(N)c(O)c(N)c3)c(CCCCCC(N)=O)oc2c1. The smallest absolute Gasteiger partial charge is 0.217 e. The van der Waals surface area contributed by atoms with Gasteiger partial charge in [-0.2, -0.15) is 0 Å². The maximum absolute atomic E-state index is 13.6. The van der Waals surface area contributed by atoms with Crippen LogP contribution in [0.5, 0.6) is 11.5 Å². The zero-order valence-electron chi connectivity index (χ0n) is 20.1. The van der Waals surface area contributed by atoms with E-state index in [1.54, 1.807) is 18.2 Å². The fraction of sp³-hybridized carbons (Fsp3) is 0.333. The molecular formula is C27H33N3O5. The van der Waals surface area contributed by atoms with Crippen molar-refractivity contribution < 1.29 is 23.8 Å². The van der Waals surface area contributed by atoms with Crippen molar-refractivity contribution in [3.05, 3.63) is 59.6 Å². The van der Waals surface area contributed by atoms with Crippen LogP contribution in [0.3, 0.4) is 0 Å². The fourth-order valence-corrected chi connectivity index (χ4v) is 3.92. The van der Waals surface area contributed by atoms with Gasteiger partial charge in [0, 0.05) is 36.3 Å². The summed E-state index contributed by atoms with van der Waals surface area (Å²) < 4.78 is 12.0. The molecule has 0 saturated heterocycles. The number of aromatic hydroxyl groups is 1. The van der Waals surface area contributed by atoms with Crippen molar-refractivity contribution in [2.75, 3.05) is 11.5 Å². The summed E-state index contributed by atoms with van der Waals surface area (Å²) in [5.74, 6) is 0.876. The second-order valence-corrected chi connectivity index (χ2v) is 8.66. The number of primary amides is 1. The molecule has 0 saturated carbocycles. The van der Waals surface area contributed by atoms with Gasteiger partial charge in [0.2, 0.25) is 5.91 Å². The number of anilines is 2. The Balaban J connectivity index is 1.95. The minimum Gasteiger partial charge on any atom is -0.504 e. The monoisotopic (exact) mass is 479 g/mol. The van der Waals surface area contributed by atoms with Crippen LogP contribution < -0.4 is 21.9 Å². The number of hydrogen-bond donors (Lipinski definition) is 4. The highest BCUT2D eigenvalue weighted by Gasteiger charge is 2.23. The van der Waals surface area contributed by atoms with E-state index in [2.05, 4.69) is 13.5 Å². The van der Waals surface area contributed by atoms with E-state index in [-0.39, 0.29) is 34.4 Å². The van der Waals surface area contributed by atoms with Crippen LogP contribution in [0.4, 0.5) is 11.4 Å². The van der Waals surface area contributed by atoms with Gasteiger partial charge in [0.15, 0.2) is 11.5 Å². The molecule has 7 N–H and O–H groups in total. The molecule has 2 aromatic carbocycles. The number of rotatable bonds is 13. The number of carbonyl (C=O) groups is 2. The molecule has 1 aromatic heterocycles. The first-order valence-corrected chi connectivity index (χ1v) is 11.8. The van der Waals surface area contributed by atoms with Crippen molar-refractivity contribution in [2.24, 2.45) is 5.73 Å². The Labute approximate surface area is 204 Å². The molecule has 0 radical (unpaired) electrons. The molecule has 1 heterocycles. The molecule has 0 aliphatic rings. The van der Waals surface area contributed by atoms with E-state index in [1.807, 2.05) is 0 Å². The van der Waals surface area contributed by atoms with Gasteiger partial charge in [0.05, 0.1) is 22.7 Å². The topological polar surface area (TPSA) is 155 Å². The molecule has 8 heteroatoms. The number of allylic oxidation sites excluding steroid dienone is 1. The molecule has 0 spiro atoms. The molecule has 0 aliphatic heterocycles. The number of furan rings is 1. The molecule has 0 atom stereocenters. The quantitative estimate of drug-likeness (QED) is 0.0862. The fourth-order valence-electron chi connectivity index (χ4n) is 3.92. The first kappa shape index (κ1) is 25.7. The van der Waals surface area contributed by atoms with E-state index in [4.69, 9.17) is 26.4 Å². The highest BCUT2D eigenvalue weighted by Crippen LogP contribution is 2.35. The van der Waals surface area contributed by atoms with E-state index in [9.17, 15) is 14.7 Å². The van der Waals surface area contributed by atoms with Gasteiger partial charge >= 0.3 is 0 Å². The summed E-state index contributed by atoms with van der Waals surface area (Å²) >= 11 is 0. The summed E-state index contributed by atoms with van der Waals surface area (Å²) in [6.07, 6.45) is 5.75. The van der Waals surface area contributed by atoms with Gasteiger partial charge in [0.1, 0.15) is 17.1 Å². The van der Waals surface area contributed by atoms with Crippen molar-refractivity contribution in [1.82, 2.24) is 0 Å². The number of ether oxygens (including phenoxy) is 1. The van der Waals surface area contributed by atoms with Crippen molar-refractivity contribution >= 4 is 34.0 Å². The molecule has 8 nitrogen and oxygen atoms in total. The van der Waals surface area contributed by atoms with E-state index < -0.39 is 0 Å². The minimum absolute atomic E-state index is 0.0235. The number of aryl methyl sites for hydroxylation is 1. The Morgan fingerprint density at radius 1 is 1.03 bits per heavy atom. The molecular weight excluding hydrogens is 446 g/mol. The summed E-state index contributed by atoms with van der Waals surface area (Å²) in [5.41, 5.74) is 18.1. The van der Waals surface area contributed by atoms with Crippen LogP contribution in [-0.4, -0.2) is 16.8 Å².